The molecule has 0 N–H and O–H groups in total. The van der Waals surface area contributed by atoms with Crippen LogP contribution in [0.4, 0.5) is 10.5 Å². The van der Waals surface area contributed by atoms with Gasteiger partial charge in [-0.25, -0.2) is 4.79 Å². The van der Waals surface area contributed by atoms with E-state index in [0.29, 0.717) is 0 Å². The molecule has 1 unspecified atom stereocenters. The number of carbonyl (C=O) groups is 1. The predicted octanol–water partition coefficient (Wildman–Crippen LogP) is 2.28. The largest absolute Gasteiger partial charge is 0.497 e. The number of nitrogens with zero attached hydrogens (tertiary/aromatic N) is 3. The van der Waals surface area contributed by atoms with Crippen LogP contribution in [-0.2, 0) is 0 Å². The summed E-state index contributed by atoms with van der Waals surface area (Å²) in [6.07, 6.45) is 0.973. The third kappa shape index (κ3) is 3.47. The van der Waals surface area contributed by atoms with Crippen LogP contribution >= 0.6 is 0 Å². The minimum absolute atomic E-state index is 0.103. The van der Waals surface area contributed by atoms with Crippen molar-refractivity contribution < 1.29 is 9.53 Å². The number of rotatable bonds is 6. The Morgan fingerprint density at radius 2 is 1.95 bits per heavy atom. The lowest BCUT2D eigenvalue weighted by atomic mass is 10.1. The number of carbonyl (C=O) groups excluding carboxylic acids is 1. The average Bonchev–Trinajstić information content (AvgIpc) is 2.81. The molecule has 0 spiro atoms. The molecule has 1 heterocycles. The molecule has 1 aromatic rings. The van der Waals surface area contributed by atoms with Gasteiger partial charge in [0.15, 0.2) is 0 Å². The van der Waals surface area contributed by atoms with E-state index in [1.807, 2.05) is 41.0 Å². The monoisotopic (exact) mass is 291 g/mol. The molecule has 5 nitrogen and oxygen atoms in total. The fraction of sp³-hybridized carbons (Fsp3) is 0.562. The van der Waals surface area contributed by atoms with E-state index in [1.165, 1.54) is 0 Å². The molecule has 0 aromatic heterocycles. The summed E-state index contributed by atoms with van der Waals surface area (Å²) in [7, 11) is 5.77. The van der Waals surface area contributed by atoms with Gasteiger partial charge < -0.3 is 14.5 Å². The second-order valence-electron chi connectivity index (χ2n) is 5.64. The van der Waals surface area contributed by atoms with Crippen LogP contribution in [0.1, 0.15) is 13.3 Å². The van der Waals surface area contributed by atoms with Crippen LogP contribution in [-0.4, -0.2) is 62.7 Å². The molecular formula is C16H25N3O2. The van der Waals surface area contributed by atoms with Gasteiger partial charge in [0.1, 0.15) is 5.75 Å². The van der Waals surface area contributed by atoms with Crippen molar-refractivity contribution >= 4 is 11.7 Å². The predicted molar refractivity (Wildman–Crippen MR) is 85.1 cm³/mol. The van der Waals surface area contributed by atoms with E-state index in [1.54, 1.807) is 7.11 Å². The molecule has 1 saturated heterocycles. The highest BCUT2D eigenvalue weighted by molar-refractivity contribution is 5.95. The lowest BCUT2D eigenvalue weighted by Gasteiger charge is -2.24. The first-order chi connectivity index (χ1) is 10.1. The van der Waals surface area contributed by atoms with Crippen LogP contribution in [0.5, 0.6) is 5.75 Å². The number of likely N-dealkylation sites (N-methyl/N-ethyl adjacent to an activating group) is 1. The summed E-state index contributed by atoms with van der Waals surface area (Å²) in [5.74, 6) is 0.808. The lowest BCUT2D eigenvalue weighted by Crippen LogP contribution is -2.36. The van der Waals surface area contributed by atoms with Crippen LogP contribution < -0.4 is 9.64 Å². The molecule has 0 aliphatic carbocycles. The standard InChI is InChI=1S/C16H25N3O2/c1-5-18-12-14(10-11-17(2)3)19(16(18)20)13-6-8-15(21-4)9-7-13/h6-9,14H,5,10-12H2,1-4H3. The number of methoxy groups -OCH3 is 1. The summed E-state index contributed by atoms with van der Waals surface area (Å²) in [6.45, 7) is 4.56. The maximum absolute atomic E-state index is 12.6. The van der Waals surface area contributed by atoms with Crippen LogP contribution in [0.15, 0.2) is 24.3 Å². The number of urea groups is 1. The van der Waals surface area contributed by atoms with Crippen molar-refractivity contribution in [2.45, 2.75) is 19.4 Å². The van der Waals surface area contributed by atoms with Gasteiger partial charge in [-0.3, -0.25) is 4.90 Å². The number of hydrogen-bond acceptors (Lipinski definition) is 3. The molecule has 116 valence electrons. The third-order valence-corrected chi connectivity index (χ3v) is 3.91. The van der Waals surface area contributed by atoms with Crippen LogP contribution in [0.25, 0.3) is 0 Å². The van der Waals surface area contributed by atoms with Crippen molar-refractivity contribution in [1.29, 1.82) is 0 Å². The molecule has 2 rings (SSSR count). The molecule has 2 amide bonds. The smallest absolute Gasteiger partial charge is 0.324 e. The van der Waals surface area contributed by atoms with Gasteiger partial charge >= 0.3 is 6.03 Å². The molecule has 21 heavy (non-hydrogen) atoms. The number of anilines is 1. The van der Waals surface area contributed by atoms with E-state index in [-0.39, 0.29) is 12.1 Å². The minimum Gasteiger partial charge on any atom is -0.497 e. The minimum atomic E-state index is 0.103. The number of ether oxygens (including phenoxy) is 1. The first kappa shape index (κ1) is 15.6. The van der Waals surface area contributed by atoms with Crippen LogP contribution in [0, 0.1) is 0 Å². The Labute approximate surface area is 127 Å². The molecule has 5 heteroatoms. The second-order valence-corrected chi connectivity index (χ2v) is 5.64. The van der Waals surface area contributed by atoms with Crippen molar-refractivity contribution in [3.8, 4) is 5.75 Å². The summed E-state index contributed by atoms with van der Waals surface area (Å²) in [6, 6.07) is 8.05. The first-order valence-electron chi connectivity index (χ1n) is 7.43. The molecule has 1 aliphatic rings. The van der Waals surface area contributed by atoms with E-state index < -0.39 is 0 Å². The quantitative estimate of drug-likeness (QED) is 0.806. The van der Waals surface area contributed by atoms with Gasteiger partial charge in [0.05, 0.1) is 13.2 Å². The van der Waals surface area contributed by atoms with E-state index in [2.05, 4.69) is 19.0 Å². The van der Waals surface area contributed by atoms with Gasteiger partial charge in [0, 0.05) is 18.8 Å². The highest BCUT2D eigenvalue weighted by Crippen LogP contribution is 2.28. The highest BCUT2D eigenvalue weighted by atomic mass is 16.5. The zero-order chi connectivity index (χ0) is 15.4. The Bertz CT molecular complexity index is 473. The molecule has 0 bridgehead atoms. The molecule has 1 aliphatic heterocycles. The normalized spacial score (nSPS) is 18.7. The molecule has 1 atom stereocenters. The topological polar surface area (TPSA) is 36.0 Å². The fourth-order valence-corrected chi connectivity index (χ4v) is 2.68. The Morgan fingerprint density at radius 1 is 1.29 bits per heavy atom. The van der Waals surface area contributed by atoms with Gasteiger partial charge in [-0.15, -0.1) is 0 Å². The molecule has 1 aromatic carbocycles. The Kier molecular flexibility index (Phi) is 5.07. The average molecular weight is 291 g/mol. The van der Waals surface area contributed by atoms with Crippen LogP contribution in [0.2, 0.25) is 0 Å². The lowest BCUT2D eigenvalue weighted by molar-refractivity contribution is 0.223. The van der Waals surface area contributed by atoms with Gasteiger partial charge in [-0.1, -0.05) is 0 Å². The fourth-order valence-electron chi connectivity index (χ4n) is 2.68. The van der Waals surface area contributed by atoms with Gasteiger partial charge in [-0.2, -0.15) is 0 Å². The Morgan fingerprint density at radius 3 is 2.48 bits per heavy atom. The summed E-state index contributed by atoms with van der Waals surface area (Å²) in [5.41, 5.74) is 0.945. The number of benzene rings is 1. The second kappa shape index (κ2) is 6.80. The maximum atomic E-state index is 12.6. The molecule has 1 fully saturated rings. The van der Waals surface area contributed by atoms with E-state index >= 15 is 0 Å². The van der Waals surface area contributed by atoms with Crippen LogP contribution in [0.3, 0.4) is 0 Å². The molecular weight excluding hydrogens is 266 g/mol. The summed E-state index contributed by atoms with van der Waals surface area (Å²) < 4.78 is 5.19. The molecule has 0 radical (unpaired) electrons. The number of amides is 2. The highest BCUT2D eigenvalue weighted by Gasteiger charge is 2.36. The van der Waals surface area contributed by atoms with Crippen molar-refractivity contribution in [2.24, 2.45) is 0 Å². The summed E-state index contributed by atoms with van der Waals surface area (Å²) in [5, 5.41) is 0. The zero-order valence-corrected chi connectivity index (χ0v) is 13.4. The van der Waals surface area contributed by atoms with Crippen molar-refractivity contribution in [3.05, 3.63) is 24.3 Å². The van der Waals surface area contributed by atoms with E-state index in [0.717, 1.165) is 37.5 Å². The van der Waals surface area contributed by atoms with E-state index in [4.69, 9.17) is 4.74 Å². The van der Waals surface area contributed by atoms with Crippen molar-refractivity contribution in [3.63, 3.8) is 0 Å². The third-order valence-electron chi connectivity index (χ3n) is 3.91. The maximum Gasteiger partial charge on any atom is 0.324 e. The Balaban J connectivity index is 2.19. The summed E-state index contributed by atoms with van der Waals surface area (Å²) in [4.78, 5) is 18.5. The first-order valence-corrected chi connectivity index (χ1v) is 7.43. The summed E-state index contributed by atoms with van der Waals surface area (Å²) >= 11 is 0. The number of hydrogen-bond donors (Lipinski definition) is 0. The van der Waals surface area contributed by atoms with Crippen molar-refractivity contribution in [1.82, 2.24) is 9.80 Å². The zero-order valence-electron chi connectivity index (χ0n) is 13.4. The van der Waals surface area contributed by atoms with E-state index in [9.17, 15) is 4.79 Å². The van der Waals surface area contributed by atoms with Gasteiger partial charge in [0.25, 0.3) is 0 Å². The Hall–Kier alpha value is -1.75. The van der Waals surface area contributed by atoms with Gasteiger partial charge in [-0.05, 0) is 58.3 Å². The van der Waals surface area contributed by atoms with Gasteiger partial charge in [0.2, 0.25) is 0 Å². The molecule has 0 saturated carbocycles. The SMILES string of the molecule is CCN1CC(CCN(C)C)N(c2ccc(OC)cc2)C1=O. The van der Waals surface area contributed by atoms with Crippen molar-refractivity contribution in [2.75, 3.05) is 45.7 Å².